The van der Waals surface area contributed by atoms with Gasteiger partial charge in [0, 0.05) is 11.1 Å². The number of phenols is 4. The normalized spacial score (nSPS) is 9.54. The topological polar surface area (TPSA) is 80.9 Å². The third-order valence-electron chi connectivity index (χ3n) is 3.53. The second-order valence-electron chi connectivity index (χ2n) is 5.48. The van der Waals surface area contributed by atoms with Gasteiger partial charge in [-0.15, -0.1) is 0 Å². The van der Waals surface area contributed by atoms with Crippen LogP contribution >= 0.6 is 0 Å². The number of hydrogen-bond donors (Lipinski definition) is 4. The van der Waals surface area contributed by atoms with Crippen molar-refractivity contribution < 1.29 is 20.4 Å². The van der Waals surface area contributed by atoms with Crippen LogP contribution in [0.5, 0.6) is 23.0 Å². The number of rotatable bonds is 0. The molecule has 0 heterocycles. The largest absolute Gasteiger partial charge is 0.508 e. The van der Waals surface area contributed by atoms with Crippen LogP contribution < -0.4 is 0 Å². The molecule has 0 saturated heterocycles. The van der Waals surface area contributed by atoms with Gasteiger partial charge >= 0.3 is 0 Å². The van der Waals surface area contributed by atoms with Crippen LogP contribution in [0.4, 0.5) is 0 Å². The summed E-state index contributed by atoms with van der Waals surface area (Å²) in [7, 11) is 0. The molecule has 0 unspecified atom stereocenters. The lowest BCUT2D eigenvalue weighted by Crippen LogP contribution is -1.80. The summed E-state index contributed by atoms with van der Waals surface area (Å²) in [5.74, 6) is 11.5. The molecule has 3 aromatic carbocycles. The van der Waals surface area contributed by atoms with Crippen molar-refractivity contribution in [2.75, 3.05) is 0 Å². The minimum Gasteiger partial charge on any atom is -0.508 e. The average molecular weight is 342 g/mol. The highest BCUT2D eigenvalue weighted by molar-refractivity contribution is 5.54. The molecule has 0 fully saturated rings. The average Bonchev–Trinajstić information content (AvgIpc) is 2.64. The molecule has 0 spiro atoms. The highest BCUT2D eigenvalue weighted by atomic mass is 16.3. The van der Waals surface area contributed by atoms with Gasteiger partial charge in [0.2, 0.25) is 0 Å². The number of benzene rings is 3. The monoisotopic (exact) mass is 342 g/mol. The quantitative estimate of drug-likeness (QED) is 0.373. The van der Waals surface area contributed by atoms with Crippen LogP contribution in [-0.4, -0.2) is 20.4 Å². The van der Waals surface area contributed by atoms with Crippen molar-refractivity contribution in [2.45, 2.75) is 0 Å². The minimum absolute atomic E-state index is 0.00343. The van der Waals surface area contributed by atoms with E-state index in [2.05, 4.69) is 23.7 Å². The fourth-order valence-electron chi connectivity index (χ4n) is 2.16. The van der Waals surface area contributed by atoms with E-state index in [4.69, 9.17) is 0 Å². The molecule has 0 bridgehead atoms. The molecule has 0 amide bonds. The molecule has 0 aliphatic heterocycles. The van der Waals surface area contributed by atoms with E-state index in [1.807, 2.05) is 0 Å². The van der Waals surface area contributed by atoms with Crippen LogP contribution in [0.1, 0.15) is 22.3 Å². The molecule has 126 valence electrons. The van der Waals surface area contributed by atoms with Crippen molar-refractivity contribution in [3.8, 4) is 46.7 Å². The van der Waals surface area contributed by atoms with Gasteiger partial charge in [0.25, 0.3) is 0 Å². The van der Waals surface area contributed by atoms with Crippen LogP contribution in [-0.2, 0) is 0 Å². The maximum atomic E-state index is 9.71. The lowest BCUT2D eigenvalue weighted by atomic mass is 10.1. The Hall–Kier alpha value is -4.02. The number of hydrogen-bond acceptors (Lipinski definition) is 4. The Kier molecular flexibility index (Phi) is 4.69. The molecule has 26 heavy (non-hydrogen) atoms. The van der Waals surface area contributed by atoms with Crippen molar-refractivity contribution in [1.29, 1.82) is 0 Å². The third-order valence-corrected chi connectivity index (χ3v) is 3.53. The minimum atomic E-state index is 0.00343. The lowest BCUT2D eigenvalue weighted by Gasteiger charge is -1.98. The Morgan fingerprint density at radius 3 is 1.23 bits per heavy atom. The SMILES string of the molecule is Oc1ccc(O)c(C#Cc2ccc(C#Cc3cc(O)ccc3O)cc2)c1. The second kappa shape index (κ2) is 7.25. The van der Waals surface area contributed by atoms with Gasteiger partial charge in [-0.05, 0) is 60.7 Å². The van der Waals surface area contributed by atoms with Gasteiger partial charge in [-0.3, -0.25) is 0 Å². The van der Waals surface area contributed by atoms with Gasteiger partial charge in [0.1, 0.15) is 23.0 Å². The van der Waals surface area contributed by atoms with Crippen LogP contribution in [0.25, 0.3) is 0 Å². The van der Waals surface area contributed by atoms with E-state index in [0.29, 0.717) is 11.1 Å². The Balaban J connectivity index is 1.80. The summed E-state index contributed by atoms with van der Waals surface area (Å²) < 4.78 is 0. The zero-order valence-corrected chi connectivity index (χ0v) is 13.6. The first-order valence-corrected chi connectivity index (χ1v) is 7.69. The highest BCUT2D eigenvalue weighted by Gasteiger charge is 1.99. The second-order valence-corrected chi connectivity index (χ2v) is 5.48. The standard InChI is InChI=1S/C22H14O4/c23-19-9-11-21(25)17(13-19)7-5-15-1-2-16(4-3-15)6-8-18-14-20(24)10-12-22(18)26/h1-4,9-14,23-26H. The zero-order valence-electron chi connectivity index (χ0n) is 13.6. The molecule has 0 aliphatic carbocycles. The van der Waals surface area contributed by atoms with E-state index in [0.717, 1.165) is 11.1 Å². The Morgan fingerprint density at radius 2 is 0.846 bits per heavy atom. The van der Waals surface area contributed by atoms with Crippen molar-refractivity contribution >= 4 is 0 Å². The van der Waals surface area contributed by atoms with Crippen molar-refractivity contribution in [3.63, 3.8) is 0 Å². The Labute approximate surface area is 150 Å². The van der Waals surface area contributed by atoms with E-state index in [-0.39, 0.29) is 23.0 Å². The molecule has 0 radical (unpaired) electrons. The maximum Gasteiger partial charge on any atom is 0.131 e. The molecule has 0 saturated carbocycles. The lowest BCUT2D eigenvalue weighted by molar-refractivity contribution is 0.459. The summed E-state index contributed by atoms with van der Waals surface area (Å²) in [5.41, 5.74) is 2.12. The molecule has 0 aromatic heterocycles. The van der Waals surface area contributed by atoms with E-state index in [1.165, 1.54) is 36.4 Å². The Bertz CT molecular complexity index is 987. The summed E-state index contributed by atoms with van der Waals surface area (Å²) >= 11 is 0. The van der Waals surface area contributed by atoms with Crippen LogP contribution in [0.15, 0.2) is 60.7 Å². The van der Waals surface area contributed by atoms with Gasteiger partial charge in [-0.25, -0.2) is 0 Å². The molecule has 3 rings (SSSR count). The van der Waals surface area contributed by atoms with E-state index in [9.17, 15) is 20.4 Å². The van der Waals surface area contributed by atoms with Gasteiger partial charge in [0.15, 0.2) is 0 Å². The summed E-state index contributed by atoms with van der Waals surface area (Å²) in [5, 5.41) is 38.3. The van der Waals surface area contributed by atoms with E-state index < -0.39 is 0 Å². The third kappa shape index (κ3) is 4.08. The van der Waals surface area contributed by atoms with Gasteiger partial charge in [-0.1, -0.05) is 23.7 Å². The summed E-state index contributed by atoms with van der Waals surface area (Å²) in [6.07, 6.45) is 0. The first-order valence-electron chi connectivity index (χ1n) is 7.69. The van der Waals surface area contributed by atoms with Gasteiger partial charge < -0.3 is 20.4 Å². The van der Waals surface area contributed by atoms with Gasteiger partial charge in [0.05, 0.1) is 11.1 Å². The first-order chi connectivity index (χ1) is 12.5. The van der Waals surface area contributed by atoms with E-state index in [1.54, 1.807) is 24.3 Å². The first kappa shape index (κ1) is 16.8. The summed E-state index contributed by atoms with van der Waals surface area (Å²) in [6.45, 7) is 0. The molecule has 4 N–H and O–H groups in total. The van der Waals surface area contributed by atoms with Crippen LogP contribution in [0.3, 0.4) is 0 Å². The summed E-state index contributed by atoms with van der Waals surface area (Å²) in [4.78, 5) is 0. The molecule has 0 aliphatic rings. The summed E-state index contributed by atoms with van der Waals surface area (Å²) in [6, 6.07) is 15.4. The molecule has 0 atom stereocenters. The molecule has 4 nitrogen and oxygen atoms in total. The smallest absolute Gasteiger partial charge is 0.131 e. The van der Waals surface area contributed by atoms with Crippen LogP contribution in [0, 0.1) is 23.7 Å². The molecule has 3 aromatic rings. The Morgan fingerprint density at radius 1 is 0.462 bits per heavy atom. The van der Waals surface area contributed by atoms with Crippen molar-refractivity contribution in [1.82, 2.24) is 0 Å². The number of phenolic OH excluding ortho intramolecular Hbond substituents is 4. The fourth-order valence-corrected chi connectivity index (χ4v) is 2.16. The maximum absolute atomic E-state index is 9.71. The van der Waals surface area contributed by atoms with Gasteiger partial charge in [-0.2, -0.15) is 0 Å². The van der Waals surface area contributed by atoms with Crippen LogP contribution in [0.2, 0.25) is 0 Å². The zero-order chi connectivity index (χ0) is 18.5. The predicted octanol–water partition coefficient (Wildman–Crippen LogP) is 3.31. The van der Waals surface area contributed by atoms with E-state index >= 15 is 0 Å². The fraction of sp³-hybridized carbons (Fsp3) is 0. The highest BCUT2D eigenvalue weighted by Crippen LogP contribution is 2.22. The number of aromatic hydroxyl groups is 4. The van der Waals surface area contributed by atoms with Crippen molar-refractivity contribution in [3.05, 3.63) is 82.9 Å². The van der Waals surface area contributed by atoms with Crippen molar-refractivity contribution in [2.24, 2.45) is 0 Å². The molecular formula is C22H14O4. The molecule has 4 heteroatoms. The molecular weight excluding hydrogens is 328 g/mol. The predicted molar refractivity (Wildman–Crippen MR) is 97.9 cm³/mol.